The van der Waals surface area contributed by atoms with Crippen molar-refractivity contribution in [3.05, 3.63) is 261 Å². The summed E-state index contributed by atoms with van der Waals surface area (Å²) >= 11 is 0. The average Bonchev–Trinajstić information content (AvgIpc) is 3.37. The van der Waals surface area contributed by atoms with Crippen LogP contribution in [0.15, 0.2) is 261 Å². The van der Waals surface area contributed by atoms with Crippen LogP contribution in [0.25, 0.3) is 88.3 Å². The first kappa shape index (κ1) is 37.7. The number of hydrogen-bond donors (Lipinski definition) is 0. The van der Waals surface area contributed by atoms with Crippen molar-refractivity contribution >= 4 is 38.6 Å². The Balaban J connectivity index is 0.981. The van der Waals surface area contributed by atoms with Crippen molar-refractivity contribution < 1.29 is 0 Å². The SMILES string of the molecule is c1ccc(-c2cccc(-c3ccc(N(c4ccc(-c5cccc(-c6cccc7ccccc67)c5)cc4)c4ccc(-c5c(-c6ccccc6)ccc6ccccc56)cc4)cc3)c2)cc1. The van der Waals surface area contributed by atoms with Gasteiger partial charge in [-0.2, -0.15) is 0 Å². The molecule has 1 nitrogen and oxygen atoms in total. The van der Waals surface area contributed by atoms with Crippen LogP contribution in [0.4, 0.5) is 17.1 Å². The minimum absolute atomic E-state index is 1.09. The summed E-state index contributed by atoms with van der Waals surface area (Å²) in [6.07, 6.45) is 0. The number of fused-ring (bicyclic) bond motifs is 2. The maximum Gasteiger partial charge on any atom is 0.0462 e. The molecule has 0 heterocycles. The summed E-state index contributed by atoms with van der Waals surface area (Å²) in [5.74, 6) is 0. The molecule has 296 valence electrons. The Morgan fingerprint density at radius 2 is 0.603 bits per heavy atom. The van der Waals surface area contributed by atoms with E-state index in [4.69, 9.17) is 0 Å². The predicted octanol–water partition coefficient (Wildman–Crippen LogP) is 17.5. The van der Waals surface area contributed by atoms with Gasteiger partial charge in [-0.05, 0) is 137 Å². The zero-order valence-electron chi connectivity index (χ0n) is 34.8. The second kappa shape index (κ2) is 16.7. The molecule has 0 bridgehead atoms. The molecule has 0 saturated carbocycles. The van der Waals surface area contributed by atoms with Crippen LogP contribution in [0.3, 0.4) is 0 Å². The fourth-order valence-corrected chi connectivity index (χ4v) is 9.12. The zero-order valence-corrected chi connectivity index (χ0v) is 34.8. The fourth-order valence-electron chi connectivity index (χ4n) is 9.12. The summed E-state index contributed by atoms with van der Waals surface area (Å²) < 4.78 is 0. The van der Waals surface area contributed by atoms with E-state index < -0.39 is 0 Å². The first-order valence-electron chi connectivity index (χ1n) is 21.7. The molecule has 0 atom stereocenters. The molecule has 0 amide bonds. The third kappa shape index (κ3) is 7.47. The van der Waals surface area contributed by atoms with Crippen molar-refractivity contribution in [3.63, 3.8) is 0 Å². The smallest absolute Gasteiger partial charge is 0.0462 e. The predicted molar refractivity (Wildman–Crippen MR) is 269 cm³/mol. The Kier molecular flexibility index (Phi) is 9.97. The lowest BCUT2D eigenvalue weighted by Gasteiger charge is -2.26. The van der Waals surface area contributed by atoms with E-state index in [-0.39, 0.29) is 0 Å². The topological polar surface area (TPSA) is 3.24 Å². The van der Waals surface area contributed by atoms with E-state index in [1.807, 2.05) is 0 Å². The molecule has 0 aliphatic heterocycles. The van der Waals surface area contributed by atoms with Gasteiger partial charge in [0.2, 0.25) is 0 Å². The highest BCUT2D eigenvalue weighted by atomic mass is 15.1. The van der Waals surface area contributed by atoms with Gasteiger partial charge in [0, 0.05) is 17.1 Å². The van der Waals surface area contributed by atoms with Gasteiger partial charge in [0.15, 0.2) is 0 Å². The molecule has 11 aromatic rings. The first-order chi connectivity index (χ1) is 31.2. The van der Waals surface area contributed by atoms with E-state index in [2.05, 4.69) is 266 Å². The van der Waals surface area contributed by atoms with E-state index in [0.717, 1.165) is 17.1 Å². The number of anilines is 3. The largest absolute Gasteiger partial charge is 0.311 e. The lowest BCUT2D eigenvalue weighted by atomic mass is 9.89. The number of nitrogens with zero attached hydrogens (tertiary/aromatic N) is 1. The highest BCUT2D eigenvalue weighted by Crippen LogP contribution is 2.42. The molecule has 1 heteroatoms. The van der Waals surface area contributed by atoms with Gasteiger partial charge >= 0.3 is 0 Å². The third-order valence-corrected chi connectivity index (χ3v) is 12.3. The minimum atomic E-state index is 1.09. The van der Waals surface area contributed by atoms with Crippen LogP contribution in [-0.2, 0) is 0 Å². The molecule has 11 aromatic carbocycles. The van der Waals surface area contributed by atoms with E-state index in [0.29, 0.717) is 0 Å². The molecule has 0 fully saturated rings. The molecule has 11 rings (SSSR count). The summed E-state index contributed by atoms with van der Waals surface area (Å²) in [6, 6.07) is 94.6. The average molecular weight is 802 g/mol. The van der Waals surface area contributed by atoms with Crippen molar-refractivity contribution in [1.82, 2.24) is 0 Å². The van der Waals surface area contributed by atoms with Gasteiger partial charge < -0.3 is 4.90 Å². The van der Waals surface area contributed by atoms with E-state index >= 15 is 0 Å². The van der Waals surface area contributed by atoms with Crippen LogP contribution in [0, 0.1) is 0 Å². The summed E-state index contributed by atoms with van der Waals surface area (Å²) in [4.78, 5) is 2.37. The molecule has 0 saturated heterocycles. The van der Waals surface area contributed by atoms with Crippen molar-refractivity contribution in [2.45, 2.75) is 0 Å². The van der Waals surface area contributed by atoms with Crippen molar-refractivity contribution in [2.24, 2.45) is 0 Å². The zero-order chi connectivity index (χ0) is 42.0. The summed E-state index contributed by atoms with van der Waals surface area (Å²) in [5.41, 5.74) is 17.8. The van der Waals surface area contributed by atoms with Gasteiger partial charge in [-0.25, -0.2) is 0 Å². The second-order valence-electron chi connectivity index (χ2n) is 16.1. The maximum atomic E-state index is 2.37. The lowest BCUT2D eigenvalue weighted by molar-refractivity contribution is 1.28. The molecule has 0 N–H and O–H groups in total. The van der Waals surface area contributed by atoms with Gasteiger partial charge in [0.05, 0.1) is 0 Å². The van der Waals surface area contributed by atoms with Gasteiger partial charge in [-0.3, -0.25) is 0 Å². The Morgan fingerprint density at radius 3 is 1.19 bits per heavy atom. The van der Waals surface area contributed by atoms with Crippen LogP contribution < -0.4 is 4.90 Å². The van der Waals surface area contributed by atoms with E-state index in [1.54, 1.807) is 0 Å². The van der Waals surface area contributed by atoms with E-state index in [9.17, 15) is 0 Å². The number of rotatable bonds is 9. The second-order valence-corrected chi connectivity index (χ2v) is 16.1. The minimum Gasteiger partial charge on any atom is -0.311 e. The molecule has 0 aliphatic rings. The van der Waals surface area contributed by atoms with Crippen LogP contribution >= 0.6 is 0 Å². The van der Waals surface area contributed by atoms with Gasteiger partial charge in [0.1, 0.15) is 0 Å². The Labute approximate surface area is 369 Å². The standard InChI is InChI=1S/C62H43N/c1-3-14-44(15-4-1)51-21-11-22-52(42-51)45-28-35-55(36-29-45)63(56-37-30-46(31-38-56)53-23-12-24-54(43-53)59-27-13-20-47-18-7-9-25-58(47)59)57-39-32-50(33-40-57)62-60-26-10-8-19-49(60)34-41-61(62)48-16-5-2-6-17-48/h1-43H. The van der Waals surface area contributed by atoms with Crippen LogP contribution in [0.2, 0.25) is 0 Å². The van der Waals surface area contributed by atoms with Crippen LogP contribution in [0.5, 0.6) is 0 Å². The van der Waals surface area contributed by atoms with Crippen molar-refractivity contribution in [2.75, 3.05) is 4.90 Å². The molecule has 0 radical (unpaired) electrons. The fraction of sp³-hybridized carbons (Fsp3) is 0. The van der Waals surface area contributed by atoms with Crippen LogP contribution in [0.1, 0.15) is 0 Å². The molecule has 0 aliphatic carbocycles. The number of benzene rings is 11. The van der Waals surface area contributed by atoms with Crippen molar-refractivity contribution in [1.29, 1.82) is 0 Å². The van der Waals surface area contributed by atoms with Gasteiger partial charge in [-0.1, -0.05) is 212 Å². The summed E-state index contributed by atoms with van der Waals surface area (Å²) in [5, 5.41) is 4.99. The molecule has 0 spiro atoms. The van der Waals surface area contributed by atoms with E-state index in [1.165, 1.54) is 88.3 Å². The Morgan fingerprint density at radius 1 is 0.206 bits per heavy atom. The van der Waals surface area contributed by atoms with Crippen molar-refractivity contribution in [3.8, 4) is 66.8 Å². The summed E-state index contributed by atoms with van der Waals surface area (Å²) in [7, 11) is 0. The third-order valence-electron chi connectivity index (χ3n) is 12.3. The molecule has 63 heavy (non-hydrogen) atoms. The Bertz CT molecular complexity index is 3340. The normalized spacial score (nSPS) is 11.2. The lowest BCUT2D eigenvalue weighted by Crippen LogP contribution is -2.09. The number of hydrogen-bond acceptors (Lipinski definition) is 1. The quantitative estimate of drug-likeness (QED) is 0.141. The first-order valence-corrected chi connectivity index (χ1v) is 21.7. The molecular formula is C62H43N. The highest BCUT2D eigenvalue weighted by Gasteiger charge is 2.17. The van der Waals surface area contributed by atoms with Gasteiger partial charge in [-0.15, -0.1) is 0 Å². The Hall–Kier alpha value is -8.26. The van der Waals surface area contributed by atoms with Gasteiger partial charge in [0.25, 0.3) is 0 Å². The van der Waals surface area contributed by atoms with Crippen LogP contribution in [-0.4, -0.2) is 0 Å². The summed E-state index contributed by atoms with van der Waals surface area (Å²) in [6.45, 7) is 0. The maximum absolute atomic E-state index is 2.37. The molecular weight excluding hydrogens is 759 g/mol. The highest BCUT2D eigenvalue weighted by molar-refractivity contribution is 6.04. The molecule has 0 unspecified atom stereocenters. The monoisotopic (exact) mass is 801 g/mol. The molecule has 0 aromatic heterocycles.